The van der Waals surface area contributed by atoms with E-state index < -0.39 is 12.2 Å². The summed E-state index contributed by atoms with van der Waals surface area (Å²) in [7, 11) is 1.50. The van der Waals surface area contributed by atoms with Crippen molar-refractivity contribution in [2.24, 2.45) is 5.10 Å². The molecule has 1 aliphatic rings. The minimum Gasteiger partial charge on any atom is -0.497 e. The summed E-state index contributed by atoms with van der Waals surface area (Å²) in [4.78, 5) is 36.5. The molecule has 9 nitrogen and oxygen atoms in total. The van der Waals surface area contributed by atoms with Crippen molar-refractivity contribution in [3.05, 3.63) is 89.0 Å². The van der Waals surface area contributed by atoms with Gasteiger partial charge in [0.2, 0.25) is 18.0 Å². The van der Waals surface area contributed by atoms with Gasteiger partial charge in [0.1, 0.15) is 11.5 Å². The molecule has 1 heterocycles. The normalized spacial score (nSPS) is 14.5. The maximum absolute atomic E-state index is 12.5. The molecular formula is C27H25N3O6. The molecule has 0 aromatic heterocycles. The number of nitrogens with zero attached hydrogens (tertiary/aromatic N) is 2. The third kappa shape index (κ3) is 5.35. The van der Waals surface area contributed by atoms with Crippen LogP contribution in [0.4, 0.5) is 5.69 Å². The van der Waals surface area contributed by atoms with Crippen molar-refractivity contribution < 1.29 is 28.6 Å². The number of methoxy groups -OCH3 is 1. The molecule has 1 aliphatic heterocycles. The van der Waals surface area contributed by atoms with Crippen LogP contribution in [0.5, 0.6) is 11.5 Å². The zero-order valence-electron chi connectivity index (χ0n) is 20.3. The monoisotopic (exact) mass is 487 g/mol. The standard InChI is InChI=1S/C27H25N3O6/c1-16-5-7-19(8-6-16)25(33)28-21-11-9-20(10-12-21)26-29-30(17(2)31)27(36-26)23-15-22(34-4)13-14-24(23)35-18(3)32/h5-15,27H,1-4H3,(H,28,33)/t27-/m0/s1. The third-order valence-corrected chi connectivity index (χ3v) is 5.41. The molecule has 3 aromatic rings. The maximum atomic E-state index is 12.5. The first kappa shape index (κ1) is 24.5. The van der Waals surface area contributed by atoms with Gasteiger partial charge in [0, 0.05) is 30.7 Å². The number of aryl methyl sites for hydroxylation is 1. The lowest BCUT2D eigenvalue weighted by atomic mass is 10.1. The van der Waals surface area contributed by atoms with Crippen molar-refractivity contribution in [3.63, 3.8) is 0 Å². The van der Waals surface area contributed by atoms with E-state index in [1.807, 2.05) is 19.1 Å². The van der Waals surface area contributed by atoms with Gasteiger partial charge in [-0.2, -0.15) is 5.01 Å². The van der Waals surface area contributed by atoms with Crippen LogP contribution in [0.15, 0.2) is 71.8 Å². The molecule has 0 saturated heterocycles. The molecule has 0 spiro atoms. The zero-order chi connectivity index (χ0) is 25.8. The highest BCUT2D eigenvalue weighted by atomic mass is 16.5. The molecule has 4 rings (SSSR count). The summed E-state index contributed by atoms with van der Waals surface area (Å²) < 4.78 is 16.7. The van der Waals surface area contributed by atoms with E-state index >= 15 is 0 Å². The fourth-order valence-corrected chi connectivity index (χ4v) is 3.58. The quantitative estimate of drug-likeness (QED) is 0.408. The number of esters is 1. The molecule has 2 amide bonds. The fourth-order valence-electron chi connectivity index (χ4n) is 3.58. The van der Waals surface area contributed by atoms with E-state index in [0.29, 0.717) is 28.1 Å². The Labute approximate surface area is 208 Å². The SMILES string of the molecule is COc1ccc(OC(C)=O)c([C@@H]2OC(c3ccc(NC(=O)c4ccc(C)cc4)cc3)=NN2C(C)=O)c1. The number of benzene rings is 3. The van der Waals surface area contributed by atoms with Gasteiger partial charge in [-0.1, -0.05) is 17.7 Å². The van der Waals surface area contributed by atoms with Crippen LogP contribution in [0.3, 0.4) is 0 Å². The second kappa shape index (κ2) is 10.3. The van der Waals surface area contributed by atoms with E-state index in [9.17, 15) is 14.4 Å². The van der Waals surface area contributed by atoms with Crippen molar-refractivity contribution in [3.8, 4) is 11.5 Å². The van der Waals surface area contributed by atoms with E-state index in [4.69, 9.17) is 14.2 Å². The number of nitrogens with one attached hydrogen (secondary N) is 1. The maximum Gasteiger partial charge on any atom is 0.308 e. The smallest absolute Gasteiger partial charge is 0.308 e. The number of hydrogen-bond acceptors (Lipinski definition) is 7. The van der Waals surface area contributed by atoms with Crippen LogP contribution < -0.4 is 14.8 Å². The molecule has 9 heteroatoms. The summed E-state index contributed by atoms with van der Waals surface area (Å²) in [5, 5.41) is 8.37. The molecule has 184 valence electrons. The van der Waals surface area contributed by atoms with Crippen LogP contribution in [-0.2, 0) is 14.3 Å². The number of amides is 2. The minimum absolute atomic E-state index is 0.197. The lowest BCUT2D eigenvalue weighted by molar-refractivity contribution is -0.135. The Kier molecular flexibility index (Phi) is 7.00. The van der Waals surface area contributed by atoms with Gasteiger partial charge in [-0.25, -0.2) is 0 Å². The predicted octanol–water partition coefficient (Wildman–Crippen LogP) is 4.42. The lowest BCUT2D eigenvalue weighted by Gasteiger charge is -2.21. The molecule has 36 heavy (non-hydrogen) atoms. The van der Waals surface area contributed by atoms with Crippen LogP contribution in [0.1, 0.15) is 47.1 Å². The van der Waals surface area contributed by atoms with Crippen LogP contribution in [0.25, 0.3) is 0 Å². The predicted molar refractivity (Wildman–Crippen MR) is 133 cm³/mol. The first-order chi connectivity index (χ1) is 17.2. The Morgan fingerprint density at radius 2 is 1.67 bits per heavy atom. The van der Waals surface area contributed by atoms with Gasteiger partial charge in [-0.15, -0.1) is 5.10 Å². The Bertz CT molecular complexity index is 1330. The number of hydrogen-bond donors (Lipinski definition) is 1. The van der Waals surface area contributed by atoms with E-state index in [1.54, 1.807) is 54.6 Å². The second-order valence-corrected chi connectivity index (χ2v) is 8.13. The van der Waals surface area contributed by atoms with Crippen LogP contribution >= 0.6 is 0 Å². The van der Waals surface area contributed by atoms with Crippen molar-refractivity contribution in [2.75, 3.05) is 12.4 Å². The van der Waals surface area contributed by atoms with Crippen molar-refractivity contribution in [1.29, 1.82) is 0 Å². The Hall–Kier alpha value is -4.66. The fraction of sp³-hybridized carbons (Fsp3) is 0.185. The third-order valence-electron chi connectivity index (χ3n) is 5.41. The van der Waals surface area contributed by atoms with E-state index in [0.717, 1.165) is 5.56 Å². The Morgan fingerprint density at radius 1 is 0.972 bits per heavy atom. The number of carbonyl (C=O) groups is 3. The van der Waals surface area contributed by atoms with E-state index in [2.05, 4.69) is 10.4 Å². The second-order valence-electron chi connectivity index (χ2n) is 8.13. The molecule has 1 N–H and O–H groups in total. The van der Waals surface area contributed by atoms with Gasteiger partial charge in [-0.3, -0.25) is 14.4 Å². The highest BCUT2D eigenvalue weighted by molar-refractivity contribution is 6.04. The van der Waals surface area contributed by atoms with E-state index in [-0.39, 0.29) is 23.5 Å². The van der Waals surface area contributed by atoms with E-state index in [1.165, 1.54) is 26.0 Å². The van der Waals surface area contributed by atoms with Crippen LogP contribution in [0, 0.1) is 6.92 Å². The first-order valence-electron chi connectivity index (χ1n) is 11.1. The average molecular weight is 488 g/mol. The molecule has 0 fully saturated rings. The van der Waals surface area contributed by atoms with Crippen molar-refractivity contribution >= 4 is 29.4 Å². The summed E-state index contributed by atoms with van der Waals surface area (Å²) in [5.41, 5.74) is 3.21. The summed E-state index contributed by atoms with van der Waals surface area (Å²) in [6, 6.07) is 19.0. The average Bonchev–Trinajstić information content (AvgIpc) is 3.30. The number of anilines is 1. The number of carbonyl (C=O) groups excluding carboxylic acids is 3. The number of rotatable bonds is 6. The minimum atomic E-state index is -0.970. The molecular weight excluding hydrogens is 462 g/mol. The molecule has 0 unspecified atom stereocenters. The summed E-state index contributed by atoms with van der Waals surface area (Å²) in [6.45, 7) is 4.60. The summed E-state index contributed by atoms with van der Waals surface area (Å²) in [6.07, 6.45) is -0.970. The highest BCUT2D eigenvalue weighted by Gasteiger charge is 2.35. The zero-order valence-corrected chi connectivity index (χ0v) is 20.3. The summed E-state index contributed by atoms with van der Waals surface area (Å²) in [5.74, 6) is -0.189. The van der Waals surface area contributed by atoms with Crippen LogP contribution in [-0.4, -0.2) is 35.8 Å². The molecule has 0 radical (unpaired) electrons. The first-order valence-corrected chi connectivity index (χ1v) is 11.1. The van der Waals surface area contributed by atoms with Gasteiger partial charge in [-0.05, 0) is 61.5 Å². The molecule has 1 atom stereocenters. The van der Waals surface area contributed by atoms with Gasteiger partial charge >= 0.3 is 5.97 Å². The number of hydrazone groups is 1. The van der Waals surface area contributed by atoms with Gasteiger partial charge in [0.05, 0.1) is 12.7 Å². The molecule has 0 aliphatic carbocycles. The Morgan fingerprint density at radius 3 is 2.28 bits per heavy atom. The molecule has 3 aromatic carbocycles. The van der Waals surface area contributed by atoms with Crippen molar-refractivity contribution in [1.82, 2.24) is 5.01 Å². The topological polar surface area (TPSA) is 107 Å². The number of ether oxygens (including phenoxy) is 3. The molecule has 0 saturated carbocycles. The van der Waals surface area contributed by atoms with Gasteiger partial charge in [0.15, 0.2) is 0 Å². The lowest BCUT2D eigenvalue weighted by Crippen LogP contribution is -2.26. The molecule has 0 bridgehead atoms. The van der Waals surface area contributed by atoms with Crippen LogP contribution in [0.2, 0.25) is 0 Å². The van der Waals surface area contributed by atoms with Gasteiger partial charge in [0.25, 0.3) is 5.91 Å². The Balaban J connectivity index is 1.56. The summed E-state index contributed by atoms with van der Waals surface area (Å²) >= 11 is 0. The van der Waals surface area contributed by atoms with Gasteiger partial charge < -0.3 is 19.5 Å². The highest BCUT2D eigenvalue weighted by Crippen LogP contribution is 2.38. The largest absolute Gasteiger partial charge is 0.497 e. The van der Waals surface area contributed by atoms with Crippen molar-refractivity contribution in [2.45, 2.75) is 27.0 Å².